The Hall–Kier alpha value is -2.26. The van der Waals surface area contributed by atoms with Crippen LogP contribution in [0.25, 0.3) is 0 Å². The molecule has 0 N–H and O–H groups in total. The maximum Gasteiger partial charge on any atom is 0.390 e. The van der Waals surface area contributed by atoms with E-state index in [9.17, 15) is 18.5 Å². The maximum absolute atomic E-state index is 12.8. The number of hydrogen-bond acceptors (Lipinski definition) is 5. The van der Waals surface area contributed by atoms with E-state index in [2.05, 4.69) is 5.10 Å². The van der Waals surface area contributed by atoms with Crippen molar-refractivity contribution in [3.05, 3.63) is 51.7 Å². The summed E-state index contributed by atoms with van der Waals surface area (Å²) in [5.74, 6) is -0.236. The molecule has 2 aliphatic rings. The van der Waals surface area contributed by atoms with Crippen molar-refractivity contribution in [3.8, 4) is 0 Å². The van der Waals surface area contributed by atoms with E-state index < -0.39 is 14.9 Å². The third-order valence-corrected chi connectivity index (χ3v) is 6.32. The van der Waals surface area contributed by atoms with Gasteiger partial charge in [-0.05, 0) is 30.4 Å². The molecule has 0 radical (unpaired) electrons. The third kappa shape index (κ3) is 2.07. The molecule has 1 fully saturated rings. The second-order valence-electron chi connectivity index (χ2n) is 5.86. The molecule has 120 valence electrons. The number of hydrogen-bond donors (Lipinski definition) is 0. The zero-order chi connectivity index (χ0) is 16.4. The van der Waals surface area contributed by atoms with Crippen molar-refractivity contribution in [3.63, 3.8) is 0 Å². The van der Waals surface area contributed by atoms with Crippen LogP contribution >= 0.6 is 0 Å². The number of benzene rings is 1. The molecule has 1 aromatic heterocycles. The van der Waals surface area contributed by atoms with Crippen molar-refractivity contribution < 1.29 is 13.3 Å². The summed E-state index contributed by atoms with van der Waals surface area (Å²) >= 11 is 0. The Morgan fingerprint density at radius 1 is 1.30 bits per heavy atom. The highest BCUT2D eigenvalue weighted by Gasteiger charge is 2.60. The van der Waals surface area contributed by atoms with Crippen LogP contribution in [0, 0.1) is 17.0 Å². The Morgan fingerprint density at radius 3 is 2.65 bits per heavy atom. The molecular formula is C14H14N4O4S. The Bertz CT molecular complexity index is 903. The number of aryl methyl sites for hydroxylation is 2. The van der Waals surface area contributed by atoms with E-state index in [-0.39, 0.29) is 22.8 Å². The van der Waals surface area contributed by atoms with Crippen molar-refractivity contribution in [2.24, 2.45) is 0 Å². The van der Waals surface area contributed by atoms with Crippen LogP contribution in [0.2, 0.25) is 0 Å². The number of rotatable bonds is 3. The van der Waals surface area contributed by atoms with Gasteiger partial charge in [-0.2, -0.15) is 8.99 Å². The van der Waals surface area contributed by atoms with Gasteiger partial charge in [0.05, 0.1) is 40.4 Å². The molecule has 2 aliphatic heterocycles. The SMILES string of the molecule is Cc1ccc(S(=O)(=O)N2[C@@H]3CCn4nc([N+](=O)[O-])cc4[C@@H]32)cc1. The van der Waals surface area contributed by atoms with Crippen molar-refractivity contribution >= 4 is 15.8 Å². The Balaban J connectivity index is 1.70. The molecule has 8 nitrogen and oxygen atoms in total. The van der Waals surface area contributed by atoms with Crippen LogP contribution in [-0.4, -0.2) is 33.5 Å². The Morgan fingerprint density at radius 2 is 2.00 bits per heavy atom. The van der Waals surface area contributed by atoms with Gasteiger partial charge in [-0.1, -0.05) is 17.7 Å². The molecule has 0 amide bonds. The van der Waals surface area contributed by atoms with E-state index in [1.165, 1.54) is 10.4 Å². The molecule has 1 unspecified atom stereocenters. The van der Waals surface area contributed by atoms with E-state index in [0.717, 1.165) is 5.56 Å². The summed E-state index contributed by atoms with van der Waals surface area (Å²) in [5.41, 5.74) is 1.59. The van der Waals surface area contributed by atoms with E-state index >= 15 is 0 Å². The van der Waals surface area contributed by atoms with Gasteiger partial charge in [0.15, 0.2) is 0 Å². The van der Waals surface area contributed by atoms with Crippen molar-refractivity contribution in [1.82, 2.24) is 14.1 Å². The largest absolute Gasteiger partial charge is 0.390 e. The van der Waals surface area contributed by atoms with Gasteiger partial charge in [0, 0.05) is 0 Å². The fourth-order valence-corrected chi connectivity index (χ4v) is 5.00. The molecule has 4 rings (SSSR count). The van der Waals surface area contributed by atoms with Gasteiger partial charge in [0.2, 0.25) is 10.0 Å². The maximum atomic E-state index is 12.8. The molecule has 3 heterocycles. The summed E-state index contributed by atoms with van der Waals surface area (Å²) in [6, 6.07) is 7.59. The summed E-state index contributed by atoms with van der Waals surface area (Å²) in [4.78, 5) is 10.6. The van der Waals surface area contributed by atoms with E-state index in [0.29, 0.717) is 18.7 Å². The lowest BCUT2D eigenvalue weighted by molar-refractivity contribution is -0.389. The highest BCUT2D eigenvalue weighted by Crippen LogP contribution is 2.52. The van der Waals surface area contributed by atoms with Gasteiger partial charge in [-0.3, -0.25) is 0 Å². The molecule has 2 aromatic rings. The van der Waals surface area contributed by atoms with Gasteiger partial charge in [-0.15, -0.1) is 0 Å². The molecule has 1 saturated heterocycles. The molecule has 0 saturated carbocycles. The van der Waals surface area contributed by atoms with Crippen LogP contribution in [0.1, 0.15) is 23.7 Å². The zero-order valence-electron chi connectivity index (χ0n) is 12.3. The minimum atomic E-state index is -3.60. The molecule has 0 bridgehead atoms. The van der Waals surface area contributed by atoms with Crippen LogP contribution in [-0.2, 0) is 16.6 Å². The second-order valence-corrected chi connectivity index (χ2v) is 7.70. The van der Waals surface area contributed by atoms with E-state index in [4.69, 9.17) is 0 Å². The second kappa shape index (κ2) is 4.62. The number of fused-ring (bicyclic) bond motifs is 3. The summed E-state index contributed by atoms with van der Waals surface area (Å²) in [6.07, 6.45) is 0.613. The van der Waals surface area contributed by atoms with Crippen molar-refractivity contribution in [2.75, 3.05) is 0 Å². The lowest BCUT2D eigenvalue weighted by Gasteiger charge is -2.06. The smallest absolute Gasteiger partial charge is 0.358 e. The summed E-state index contributed by atoms with van der Waals surface area (Å²) < 4.78 is 28.5. The molecular weight excluding hydrogens is 320 g/mol. The van der Waals surface area contributed by atoms with Crippen LogP contribution < -0.4 is 0 Å². The molecule has 3 atom stereocenters. The van der Waals surface area contributed by atoms with Crippen LogP contribution in [0.3, 0.4) is 0 Å². The Labute approximate surface area is 132 Å². The number of nitrogens with zero attached hydrogens (tertiary/aromatic N) is 4. The van der Waals surface area contributed by atoms with Gasteiger partial charge in [0.1, 0.15) is 0 Å². The van der Waals surface area contributed by atoms with E-state index in [1.807, 2.05) is 6.92 Å². The third-order valence-electron chi connectivity index (χ3n) is 4.40. The van der Waals surface area contributed by atoms with Gasteiger partial charge in [0.25, 0.3) is 0 Å². The monoisotopic (exact) mass is 334 g/mol. The topological polar surface area (TPSA) is 98.1 Å². The zero-order valence-corrected chi connectivity index (χ0v) is 13.1. The fourth-order valence-electron chi connectivity index (χ4n) is 3.21. The molecule has 0 aliphatic carbocycles. The highest BCUT2D eigenvalue weighted by molar-refractivity contribution is 7.89. The quantitative estimate of drug-likeness (QED) is 0.482. The number of nitro groups is 1. The van der Waals surface area contributed by atoms with Gasteiger partial charge >= 0.3 is 5.82 Å². The van der Waals surface area contributed by atoms with Crippen LogP contribution in [0.4, 0.5) is 5.82 Å². The van der Waals surface area contributed by atoms with E-state index in [1.54, 1.807) is 28.9 Å². The molecule has 1 aromatic carbocycles. The summed E-state index contributed by atoms with van der Waals surface area (Å²) in [5, 5.41) is 14.8. The van der Waals surface area contributed by atoms with Gasteiger partial charge < -0.3 is 10.1 Å². The van der Waals surface area contributed by atoms with Gasteiger partial charge in [-0.25, -0.2) is 8.42 Å². The predicted octanol–water partition coefficient (Wildman–Crippen LogP) is 1.62. The fraction of sp³-hybridized carbons (Fsp3) is 0.357. The van der Waals surface area contributed by atoms with Crippen LogP contribution in [0.15, 0.2) is 35.2 Å². The minimum absolute atomic E-state index is 0.134. The first-order chi connectivity index (χ1) is 10.9. The Kier molecular flexibility index (Phi) is 2.88. The average Bonchev–Trinajstić information content (AvgIpc) is 3.10. The van der Waals surface area contributed by atoms with Crippen molar-refractivity contribution in [1.29, 1.82) is 0 Å². The average molecular weight is 334 g/mol. The predicted molar refractivity (Wildman–Crippen MR) is 80.2 cm³/mol. The molecule has 0 spiro atoms. The minimum Gasteiger partial charge on any atom is -0.358 e. The lowest BCUT2D eigenvalue weighted by Crippen LogP contribution is -2.15. The normalized spacial score (nSPS) is 25.5. The molecule has 23 heavy (non-hydrogen) atoms. The number of sulfonamides is 1. The first-order valence-electron chi connectivity index (χ1n) is 7.22. The first-order valence-corrected chi connectivity index (χ1v) is 8.66. The van der Waals surface area contributed by atoms with Crippen molar-refractivity contribution in [2.45, 2.75) is 36.9 Å². The number of aromatic nitrogens is 2. The summed E-state index contributed by atoms with van der Waals surface area (Å²) in [7, 11) is -3.60. The first kappa shape index (κ1) is 14.3. The molecule has 9 heteroatoms. The highest BCUT2D eigenvalue weighted by atomic mass is 32.2. The lowest BCUT2D eigenvalue weighted by atomic mass is 10.1. The van der Waals surface area contributed by atoms with Crippen LogP contribution in [0.5, 0.6) is 0 Å². The summed E-state index contributed by atoms with van der Waals surface area (Å²) in [6.45, 7) is 2.38. The standard InChI is InChI=1S/C14H14N4O4S/c1-9-2-4-10(5-3-9)23(21,22)17-11-6-7-16-12(14(11)17)8-13(15-16)18(19)20/h2-5,8,11,14H,6-7H2,1H3/t11-,14-,17?/m1/s1.